The van der Waals surface area contributed by atoms with Crippen molar-refractivity contribution in [2.45, 2.75) is 19.1 Å². The molecule has 0 unspecified atom stereocenters. The van der Waals surface area contributed by atoms with Crippen molar-refractivity contribution in [3.63, 3.8) is 0 Å². The summed E-state index contributed by atoms with van der Waals surface area (Å²) in [5.74, 6) is -1.40. The molecule has 0 radical (unpaired) electrons. The number of rotatable bonds is 5. The second-order valence-electron chi connectivity index (χ2n) is 6.70. The molecule has 6 nitrogen and oxygen atoms in total. The zero-order chi connectivity index (χ0) is 18.7. The maximum Gasteiger partial charge on any atom is 0.336 e. The Hall–Kier alpha value is -2.70. The van der Waals surface area contributed by atoms with Gasteiger partial charge in [0, 0.05) is 19.6 Å². The van der Waals surface area contributed by atoms with Gasteiger partial charge in [0.25, 0.3) is 5.91 Å². The van der Waals surface area contributed by atoms with Crippen molar-refractivity contribution in [2.75, 3.05) is 19.7 Å². The van der Waals surface area contributed by atoms with Crippen LogP contribution >= 0.6 is 0 Å². The molecule has 0 aromatic heterocycles. The topological polar surface area (TPSA) is 92.9 Å². The maximum absolute atomic E-state index is 11.6. The minimum Gasteiger partial charge on any atom is -0.478 e. The molecule has 26 heavy (non-hydrogen) atoms. The molecule has 0 saturated carbocycles. The second kappa shape index (κ2) is 7.27. The fourth-order valence-corrected chi connectivity index (χ4v) is 3.20. The Labute approximate surface area is 152 Å². The van der Waals surface area contributed by atoms with E-state index in [-0.39, 0.29) is 5.56 Å². The molecule has 0 spiro atoms. The molecule has 1 saturated heterocycles. The summed E-state index contributed by atoms with van der Waals surface area (Å²) in [7, 11) is 0. The summed E-state index contributed by atoms with van der Waals surface area (Å²) in [6.07, 6.45) is 0. The van der Waals surface area contributed by atoms with Crippen molar-refractivity contribution in [1.29, 1.82) is 0 Å². The summed E-state index contributed by atoms with van der Waals surface area (Å²) < 4.78 is 5.54. The summed E-state index contributed by atoms with van der Waals surface area (Å²) in [5, 5.41) is 9.34. The van der Waals surface area contributed by atoms with E-state index in [4.69, 9.17) is 10.5 Å². The molecule has 136 valence electrons. The van der Waals surface area contributed by atoms with Crippen LogP contribution in [0, 0.1) is 0 Å². The summed E-state index contributed by atoms with van der Waals surface area (Å²) in [5.41, 5.74) is 7.39. The number of nitrogens with zero attached hydrogens (tertiary/aromatic N) is 1. The van der Waals surface area contributed by atoms with E-state index >= 15 is 0 Å². The second-order valence-corrected chi connectivity index (χ2v) is 6.70. The molecule has 2 aromatic rings. The number of amides is 1. The fraction of sp³-hybridized carbons (Fsp3) is 0.300. The lowest BCUT2D eigenvalue weighted by molar-refractivity contribution is -0.153. The lowest BCUT2D eigenvalue weighted by Crippen LogP contribution is -2.56. The van der Waals surface area contributed by atoms with Gasteiger partial charge >= 0.3 is 5.97 Å². The van der Waals surface area contributed by atoms with Gasteiger partial charge in [-0.2, -0.15) is 0 Å². The minimum atomic E-state index is -0.960. The highest BCUT2D eigenvalue weighted by molar-refractivity contribution is 5.96. The molecule has 2 aromatic carbocycles. The first kappa shape index (κ1) is 18.1. The number of carboxylic acid groups (broad SMARTS) is 1. The van der Waals surface area contributed by atoms with Crippen molar-refractivity contribution in [3.8, 4) is 11.1 Å². The monoisotopic (exact) mass is 354 g/mol. The van der Waals surface area contributed by atoms with E-state index in [9.17, 15) is 14.7 Å². The van der Waals surface area contributed by atoms with Gasteiger partial charge in [0.15, 0.2) is 5.60 Å². The molecule has 0 bridgehead atoms. The van der Waals surface area contributed by atoms with E-state index in [1.807, 2.05) is 30.3 Å². The van der Waals surface area contributed by atoms with Crippen LogP contribution in [0.4, 0.5) is 0 Å². The lowest BCUT2D eigenvalue weighted by Gasteiger charge is -2.38. The summed E-state index contributed by atoms with van der Waals surface area (Å²) in [6.45, 7) is 4.03. The van der Waals surface area contributed by atoms with E-state index < -0.39 is 17.5 Å². The van der Waals surface area contributed by atoms with Gasteiger partial charge in [0.1, 0.15) is 0 Å². The average Bonchev–Trinajstić information content (AvgIpc) is 2.62. The molecule has 1 aliphatic rings. The van der Waals surface area contributed by atoms with Crippen LogP contribution in [0.5, 0.6) is 0 Å². The largest absolute Gasteiger partial charge is 0.478 e. The minimum absolute atomic E-state index is 0.283. The Morgan fingerprint density at radius 3 is 2.54 bits per heavy atom. The number of benzene rings is 2. The van der Waals surface area contributed by atoms with Gasteiger partial charge in [-0.1, -0.05) is 42.5 Å². The third-order valence-electron chi connectivity index (χ3n) is 4.70. The van der Waals surface area contributed by atoms with E-state index in [0.717, 1.165) is 17.7 Å². The van der Waals surface area contributed by atoms with Crippen molar-refractivity contribution < 1.29 is 19.4 Å². The molecule has 3 rings (SSSR count). The van der Waals surface area contributed by atoms with Crippen molar-refractivity contribution in [3.05, 3.63) is 59.7 Å². The molecule has 1 aliphatic heterocycles. The van der Waals surface area contributed by atoms with Crippen LogP contribution in [0.25, 0.3) is 11.1 Å². The van der Waals surface area contributed by atoms with Crippen LogP contribution < -0.4 is 5.73 Å². The highest BCUT2D eigenvalue weighted by Crippen LogP contribution is 2.25. The van der Waals surface area contributed by atoms with Gasteiger partial charge in [-0.25, -0.2) is 4.79 Å². The van der Waals surface area contributed by atoms with Crippen molar-refractivity contribution >= 4 is 11.9 Å². The fourth-order valence-electron chi connectivity index (χ4n) is 3.20. The van der Waals surface area contributed by atoms with Gasteiger partial charge in [-0.3, -0.25) is 9.69 Å². The predicted molar refractivity (Wildman–Crippen MR) is 97.7 cm³/mol. The first-order chi connectivity index (χ1) is 12.4. The van der Waals surface area contributed by atoms with Gasteiger partial charge in [0.05, 0.1) is 12.2 Å². The van der Waals surface area contributed by atoms with Crippen LogP contribution in [0.3, 0.4) is 0 Å². The number of ether oxygens (including phenoxy) is 1. The highest BCUT2D eigenvalue weighted by Gasteiger charge is 2.37. The number of hydrogen-bond donors (Lipinski definition) is 2. The number of carboxylic acids is 1. The zero-order valence-corrected chi connectivity index (χ0v) is 14.6. The summed E-state index contributed by atoms with van der Waals surface area (Å²) in [4.78, 5) is 25.1. The van der Waals surface area contributed by atoms with Gasteiger partial charge < -0.3 is 15.6 Å². The normalized spacial score (nSPS) is 20.7. The first-order valence-electron chi connectivity index (χ1n) is 8.47. The number of hydrogen-bond acceptors (Lipinski definition) is 4. The van der Waals surface area contributed by atoms with Gasteiger partial charge in [-0.05, 0) is 29.7 Å². The lowest BCUT2D eigenvalue weighted by atomic mass is 9.98. The zero-order valence-electron chi connectivity index (χ0n) is 14.6. The smallest absolute Gasteiger partial charge is 0.336 e. The quantitative estimate of drug-likeness (QED) is 0.858. The molecular formula is C20H22N2O4. The standard InChI is InChI=1S/C20H22N2O4/c1-20(19(21)25)13-22(10-11-26-20)12-14-6-8-15(9-7-14)16-4-2-3-5-17(16)18(23)24/h2-9H,10-13H2,1H3,(H2,21,25)(H,23,24)/t20-/m1/s1. The van der Waals surface area contributed by atoms with E-state index in [1.165, 1.54) is 0 Å². The summed E-state index contributed by atoms with van der Waals surface area (Å²) in [6, 6.07) is 14.7. The number of primary amides is 1. The Morgan fingerprint density at radius 1 is 1.19 bits per heavy atom. The molecule has 6 heteroatoms. The Balaban J connectivity index is 1.75. The Kier molecular flexibility index (Phi) is 5.06. The molecular weight excluding hydrogens is 332 g/mol. The number of aromatic carboxylic acids is 1. The SMILES string of the molecule is C[C@]1(C(N)=O)CN(Cc2ccc(-c3ccccc3C(=O)O)cc2)CCO1. The van der Waals surface area contributed by atoms with Crippen LogP contribution in [0.1, 0.15) is 22.8 Å². The molecule has 3 N–H and O–H groups in total. The van der Waals surface area contributed by atoms with Crippen LogP contribution in [0.15, 0.2) is 48.5 Å². The van der Waals surface area contributed by atoms with Gasteiger partial charge in [0.2, 0.25) is 0 Å². The predicted octanol–water partition coefficient (Wildman–Crippen LogP) is 2.13. The number of carbonyl (C=O) groups is 2. The first-order valence-corrected chi connectivity index (χ1v) is 8.47. The average molecular weight is 354 g/mol. The Bertz CT molecular complexity index is 819. The van der Waals surface area contributed by atoms with Crippen LogP contribution in [-0.4, -0.2) is 47.2 Å². The molecule has 1 fully saturated rings. The van der Waals surface area contributed by atoms with Gasteiger partial charge in [-0.15, -0.1) is 0 Å². The highest BCUT2D eigenvalue weighted by atomic mass is 16.5. The molecule has 1 heterocycles. The number of morpholine rings is 1. The van der Waals surface area contributed by atoms with Crippen LogP contribution in [-0.2, 0) is 16.1 Å². The third-order valence-corrected chi connectivity index (χ3v) is 4.70. The molecule has 1 amide bonds. The number of carbonyl (C=O) groups excluding carboxylic acids is 1. The van der Waals surface area contributed by atoms with E-state index in [1.54, 1.807) is 25.1 Å². The van der Waals surface area contributed by atoms with E-state index in [0.29, 0.717) is 25.3 Å². The Morgan fingerprint density at radius 2 is 1.88 bits per heavy atom. The van der Waals surface area contributed by atoms with Crippen LogP contribution in [0.2, 0.25) is 0 Å². The number of nitrogens with two attached hydrogens (primary N) is 1. The maximum atomic E-state index is 11.6. The van der Waals surface area contributed by atoms with Crippen molar-refractivity contribution in [2.24, 2.45) is 5.73 Å². The third kappa shape index (κ3) is 3.76. The molecule has 0 aliphatic carbocycles. The van der Waals surface area contributed by atoms with Crippen molar-refractivity contribution in [1.82, 2.24) is 4.90 Å². The summed E-state index contributed by atoms with van der Waals surface area (Å²) >= 11 is 0. The van der Waals surface area contributed by atoms with E-state index in [2.05, 4.69) is 4.90 Å². The molecule has 1 atom stereocenters.